The Kier molecular flexibility index (Phi) is 6.32. The molecule has 1 aliphatic rings. The van der Waals surface area contributed by atoms with Gasteiger partial charge in [0.1, 0.15) is 22.8 Å². The zero-order valence-electron chi connectivity index (χ0n) is 27.1. The van der Waals surface area contributed by atoms with Crippen molar-refractivity contribution in [3.05, 3.63) is 168 Å². The quantitative estimate of drug-likeness (QED) is 0.200. The Morgan fingerprint density at radius 3 is 2.04 bits per heavy atom. The highest BCUT2D eigenvalue weighted by Crippen LogP contribution is 2.41. The molecule has 1 N–H and O–H groups in total. The van der Waals surface area contributed by atoms with Gasteiger partial charge in [-0.05, 0) is 53.6 Å². The van der Waals surface area contributed by atoms with E-state index in [0.717, 1.165) is 55.9 Å². The fraction of sp³-hybridized carbons (Fsp3) is 0.0222. The first-order valence-corrected chi connectivity index (χ1v) is 18.6. The Morgan fingerprint density at radius 2 is 1.14 bits per heavy atom. The fourth-order valence-corrected chi connectivity index (χ4v) is 9.87. The molecule has 6 heteroatoms. The van der Waals surface area contributed by atoms with Crippen LogP contribution >= 0.6 is 22.7 Å². The molecule has 0 saturated heterocycles. The Hall–Kier alpha value is -6.08. The van der Waals surface area contributed by atoms with E-state index in [-0.39, 0.29) is 0 Å². The first-order chi connectivity index (χ1) is 25.2. The molecule has 1 unspecified atom stereocenters. The Labute approximate surface area is 300 Å². The van der Waals surface area contributed by atoms with Gasteiger partial charge in [-0.15, -0.1) is 22.7 Å². The van der Waals surface area contributed by atoms with Gasteiger partial charge in [-0.1, -0.05) is 109 Å². The first-order valence-electron chi connectivity index (χ1n) is 17.0. The van der Waals surface area contributed by atoms with E-state index in [0.29, 0.717) is 0 Å². The maximum Gasteiger partial charge on any atom is 0.170 e. The highest BCUT2D eigenvalue weighted by atomic mass is 32.1. The van der Waals surface area contributed by atoms with E-state index < -0.39 is 6.17 Å². The average molecular weight is 690 g/mol. The number of thiophene rings is 2. The summed E-state index contributed by atoms with van der Waals surface area (Å²) in [6, 6.07) is 53.7. The number of rotatable bonds is 4. The van der Waals surface area contributed by atoms with Crippen LogP contribution in [0.25, 0.3) is 73.4 Å². The van der Waals surface area contributed by atoms with Gasteiger partial charge in [0.2, 0.25) is 0 Å². The third-order valence-electron chi connectivity index (χ3n) is 9.96. The minimum atomic E-state index is -0.486. The summed E-state index contributed by atoms with van der Waals surface area (Å²) in [5, 5.41) is 10.8. The molecule has 0 saturated carbocycles. The Balaban J connectivity index is 1.10. The number of benzene rings is 7. The van der Waals surface area contributed by atoms with Crippen molar-refractivity contribution in [2.75, 3.05) is 0 Å². The average Bonchev–Trinajstić information content (AvgIpc) is 3.88. The number of hydrogen-bond acceptors (Lipinski definition) is 6. The summed E-state index contributed by atoms with van der Waals surface area (Å²) in [6.07, 6.45) is -0.486. The zero-order valence-corrected chi connectivity index (χ0v) is 28.8. The minimum absolute atomic E-state index is 0.486. The van der Waals surface area contributed by atoms with Crippen molar-refractivity contribution < 1.29 is 4.42 Å². The molecule has 0 amide bonds. The molecule has 10 aromatic rings. The van der Waals surface area contributed by atoms with Crippen molar-refractivity contribution in [3.63, 3.8) is 0 Å². The van der Waals surface area contributed by atoms with Crippen LogP contribution in [-0.2, 0) is 0 Å². The molecular weight excluding hydrogens is 663 g/mol. The highest BCUT2D eigenvalue weighted by molar-refractivity contribution is 7.26. The van der Waals surface area contributed by atoms with Gasteiger partial charge in [-0.25, -0.2) is 9.98 Å². The molecule has 3 aromatic heterocycles. The van der Waals surface area contributed by atoms with Crippen LogP contribution < -0.4 is 5.32 Å². The standard InChI is InChI=1S/C45H27N3OS2/c1-2-10-26(11-3-1)43-46-44(48-45(47-43)33-15-9-19-39-42(33)31-13-5-7-18-38(31)50-39)32-14-8-16-36-41(32)34-24-27(21-23-35(34)49-36)28-20-22-30-29-12-4-6-17-37(29)51-40(30)25-28/h1-25,44H,(H,46,47,48). The summed E-state index contributed by atoms with van der Waals surface area (Å²) in [4.78, 5) is 10.7. The molecule has 0 spiro atoms. The van der Waals surface area contributed by atoms with Crippen molar-refractivity contribution in [1.29, 1.82) is 0 Å². The van der Waals surface area contributed by atoms with Crippen LogP contribution in [0.2, 0.25) is 0 Å². The van der Waals surface area contributed by atoms with Crippen molar-refractivity contribution in [3.8, 4) is 11.1 Å². The van der Waals surface area contributed by atoms with Crippen LogP contribution in [0.5, 0.6) is 0 Å². The largest absolute Gasteiger partial charge is 0.456 e. The van der Waals surface area contributed by atoms with Gasteiger partial charge in [0.25, 0.3) is 0 Å². The maximum atomic E-state index is 6.49. The van der Waals surface area contributed by atoms with Crippen LogP contribution in [0.4, 0.5) is 0 Å². The second kappa shape index (κ2) is 11.2. The molecule has 51 heavy (non-hydrogen) atoms. The number of fused-ring (bicyclic) bond motifs is 9. The molecule has 1 aliphatic heterocycles. The Morgan fingerprint density at radius 1 is 0.451 bits per heavy atom. The van der Waals surface area contributed by atoms with Crippen LogP contribution in [0.3, 0.4) is 0 Å². The monoisotopic (exact) mass is 689 g/mol. The lowest BCUT2D eigenvalue weighted by Gasteiger charge is -2.23. The number of furan rings is 1. The molecule has 0 bridgehead atoms. The molecule has 0 aliphatic carbocycles. The van der Waals surface area contributed by atoms with E-state index in [1.165, 1.54) is 45.9 Å². The maximum absolute atomic E-state index is 6.49. The molecule has 240 valence electrons. The summed E-state index contributed by atoms with van der Waals surface area (Å²) in [6.45, 7) is 0. The molecule has 7 aromatic carbocycles. The third-order valence-corrected chi connectivity index (χ3v) is 12.2. The predicted octanol–water partition coefficient (Wildman–Crippen LogP) is 12.5. The predicted molar refractivity (Wildman–Crippen MR) is 217 cm³/mol. The van der Waals surface area contributed by atoms with Gasteiger partial charge < -0.3 is 9.73 Å². The molecular formula is C45H27N3OS2. The number of nitrogens with zero attached hydrogens (tertiary/aromatic N) is 2. The van der Waals surface area contributed by atoms with E-state index in [4.69, 9.17) is 14.4 Å². The molecule has 4 heterocycles. The summed E-state index contributed by atoms with van der Waals surface area (Å²) < 4.78 is 11.6. The second-order valence-electron chi connectivity index (χ2n) is 12.9. The molecule has 1 atom stereocenters. The van der Waals surface area contributed by atoms with Gasteiger partial charge in [-0.3, -0.25) is 0 Å². The lowest BCUT2D eigenvalue weighted by molar-refractivity contribution is 0.667. The molecule has 0 radical (unpaired) electrons. The summed E-state index contributed by atoms with van der Waals surface area (Å²) in [5.74, 6) is 1.61. The molecule has 11 rings (SSSR count). The summed E-state index contributed by atoms with van der Waals surface area (Å²) in [5.41, 5.74) is 7.12. The lowest BCUT2D eigenvalue weighted by atomic mass is 9.99. The van der Waals surface area contributed by atoms with Crippen molar-refractivity contribution in [2.24, 2.45) is 9.98 Å². The van der Waals surface area contributed by atoms with Crippen molar-refractivity contribution in [2.45, 2.75) is 6.17 Å². The van der Waals surface area contributed by atoms with Crippen LogP contribution in [0.15, 0.2) is 166 Å². The van der Waals surface area contributed by atoms with Gasteiger partial charge in [0.15, 0.2) is 6.17 Å². The zero-order chi connectivity index (χ0) is 33.5. The highest BCUT2D eigenvalue weighted by Gasteiger charge is 2.25. The van der Waals surface area contributed by atoms with E-state index in [9.17, 15) is 0 Å². The van der Waals surface area contributed by atoms with E-state index in [1.807, 2.05) is 34.8 Å². The SMILES string of the molecule is c1ccc(C2=NC(c3cccc4oc5ccc(-c6ccc7c(c6)sc6ccccc67)cc5c34)N=C(c3cccc4sc5ccccc5c34)N2)cc1. The minimum Gasteiger partial charge on any atom is -0.456 e. The van der Waals surface area contributed by atoms with Gasteiger partial charge in [0, 0.05) is 67.8 Å². The topological polar surface area (TPSA) is 49.9 Å². The number of aliphatic imine (C=N–C) groups is 2. The van der Waals surface area contributed by atoms with E-state index >= 15 is 0 Å². The fourth-order valence-electron chi connectivity index (χ4n) is 7.60. The van der Waals surface area contributed by atoms with Gasteiger partial charge in [0.05, 0.1) is 0 Å². The first kappa shape index (κ1) is 28.7. The Bertz CT molecular complexity index is 3070. The van der Waals surface area contributed by atoms with Crippen LogP contribution in [-0.4, -0.2) is 11.7 Å². The van der Waals surface area contributed by atoms with Crippen LogP contribution in [0, 0.1) is 0 Å². The van der Waals surface area contributed by atoms with E-state index in [1.54, 1.807) is 0 Å². The number of hydrogen-bond donors (Lipinski definition) is 1. The van der Waals surface area contributed by atoms with Crippen molar-refractivity contribution in [1.82, 2.24) is 5.32 Å². The molecule has 4 nitrogen and oxygen atoms in total. The summed E-state index contributed by atoms with van der Waals surface area (Å²) in [7, 11) is 0. The number of amidine groups is 2. The third kappa shape index (κ3) is 4.57. The summed E-state index contributed by atoms with van der Waals surface area (Å²) >= 11 is 3.66. The lowest BCUT2D eigenvalue weighted by Crippen LogP contribution is -2.36. The number of nitrogens with one attached hydrogen (secondary N) is 1. The smallest absolute Gasteiger partial charge is 0.170 e. The normalized spacial score (nSPS) is 14.9. The van der Waals surface area contributed by atoms with Gasteiger partial charge >= 0.3 is 0 Å². The van der Waals surface area contributed by atoms with E-state index in [2.05, 4.69) is 145 Å². The second-order valence-corrected chi connectivity index (χ2v) is 15.1. The van der Waals surface area contributed by atoms with Crippen molar-refractivity contribution >= 4 is 96.6 Å². The van der Waals surface area contributed by atoms with Gasteiger partial charge in [-0.2, -0.15) is 0 Å². The molecule has 0 fully saturated rings. The van der Waals surface area contributed by atoms with Crippen LogP contribution in [0.1, 0.15) is 22.9 Å².